The van der Waals surface area contributed by atoms with E-state index in [0.29, 0.717) is 11.1 Å². The Morgan fingerprint density at radius 2 is 1.56 bits per heavy atom. The fourth-order valence-electron chi connectivity index (χ4n) is 3.09. The normalized spacial score (nSPS) is 16.0. The number of rotatable bonds is 6. The fraction of sp³-hybridized carbons (Fsp3) is 0.478. The van der Waals surface area contributed by atoms with Gasteiger partial charge in [-0.2, -0.15) is 4.39 Å². The summed E-state index contributed by atoms with van der Waals surface area (Å²) in [5.41, 5.74) is -1.13. The minimum absolute atomic E-state index is 0.437. The molecule has 9 heteroatoms. The van der Waals surface area contributed by atoms with Crippen LogP contribution in [0, 0.1) is 11.8 Å². The van der Waals surface area contributed by atoms with Crippen LogP contribution in [-0.2, 0) is 21.3 Å². The van der Waals surface area contributed by atoms with Gasteiger partial charge in [0.25, 0.3) is 0 Å². The maximum atomic E-state index is 13.7. The van der Waals surface area contributed by atoms with Crippen LogP contribution in [0.5, 0.6) is 0 Å². The number of aromatic nitrogens is 1. The van der Waals surface area contributed by atoms with Gasteiger partial charge in [-0.3, -0.25) is 0 Å². The van der Waals surface area contributed by atoms with Gasteiger partial charge < -0.3 is 10.1 Å². The van der Waals surface area contributed by atoms with Gasteiger partial charge in [0, 0.05) is 6.20 Å². The molecule has 0 saturated heterocycles. The van der Waals surface area contributed by atoms with Crippen LogP contribution in [0.3, 0.4) is 0 Å². The van der Waals surface area contributed by atoms with Crippen LogP contribution in [-0.4, -0.2) is 31.7 Å². The highest BCUT2D eigenvalue weighted by atomic mass is 32.2. The van der Waals surface area contributed by atoms with Gasteiger partial charge in [0.2, 0.25) is 5.95 Å². The lowest BCUT2D eigenvalue weighted by molar-refractivity contribution is 0.0487. The predicted molar refractivity (Wildman–Crippen MR) is 121 cm³/mol. The van der Waals surface area contributed by atoms with Crippen LogP contribution in [0.1, 0.15) is 59.6 Å². The van der Waals surface area contributed by atoms with Crippen molar-refractivity contribution in [1.29, 1.82) is 0 Å². The highest BCUT2D eigenvalue weighted by molar-refractivity contribution is 7.84. The van der Waals surface area contributed by atoms with E-state index in [1.54, 1.807) is 48.5 Å². The lowest BCUT2D eigenvalue weighted by atomic mass is 9.79. The molecule has 32 heavy (non-hydrogen) atoms. The van der Waals surface area contributed by atoms with E-state index in [1.807, 2.05) is 0 Å². The molecule has 1 amide bonds. The quantitative estimate of drug-likeness (QED) is 0.610. The molecule has 2 aromatic rings. The molecule has 6 nitrogen and oxygen atoms in total. The standard InChI is InChI=1S/C23H31F2N3O3S/c1-15(27-20(29)31-21(2,3)4)23(28-32(30)22(5,6)7,16-8-11-18(24)12-9-16)17-10-13-19(25)26-14-17/h8-15,28H,1-7H3,(H,27,29)/t15-,23+,32+/m0/s1. The van der Waals surface area contributed by atoms with E-state index in [9.17, 15) is 17.8 Å². The fourth-order valence-corrected chi connectivity index (χ4v) is 4.10. The van der Waals surface area contributed by atoms with E-state index in [-0.39, 0.29) is 0 Å². The number of carbonyl (C=O) groups excluding carboxylic acids is 1. The van der Waals surface area contributed by atoms with Gasteiger partial charge in [-0.1, -0.05) is 18.2 Å². The zero-order chi connectivity index (χ0) is 24.3. The Morgan fingerprint density at radius 1 is 1.00 bits per heavy atom. The van der Waals surface area contributed by atoms with Gasteiger partial charge >= 0.3 is 6.09 Å². The summed E-state index contributed by atoms with van der Waals surface area (Å²) in [5.74, 6) is -1.14. The van der Waals surface area contributed by atoms with Crippen molar-refractivity contribution in [2.75, 3.05) is 0 Å². The summed E-state index contributed by atoms with van der Waals surface area (Å²) in [7, 11) is -1.63. The van der Waals surface area contributed by atoms with Crippen molar-refractivity contribution in [1.82, 2.24) is 15.0 Å². The summed E-state index contributed by atoms with van der Waals surface area (Å²) in [6, 6.07) is 7.49. The van der Waals surface area contributed by atoms with Gasteiger partial charge in [-0.05, 0) is 77.8 Å². The Morgan fingerprint density at radius 3 is 2.03 bits per heavy atom. The first kappa shape index (κ1) is 25.9. The zero-order valence-corrected chi connectivity index (χ0v) is 20.3. The lowest BCUT2D eigenvalue weighted by Crippen LogP contribution is -2.60. The zero-order valence-electron chi connectivity index (χ0n) is 19.5. The molecule has 1 heterocycles. The maximum Gasteiger partial charge on any atom is 0.407 e. The first-order chi connectivity index (χ1) is 14.6. The first-order valence-corrected chi connectivity index (χ1v) is 11.4. The molecule has 0 saturated carbocycles. The van der Waals surface area contributed by atoms with Crippen molar-refractivity contribution >= 4 is 17.1 Å². The maximum absolute atomic E-state index is 13.7. The molecule has 0 aliphatic rings. The van der Waals surface area contributed by atoms with Crippen molar-refractivity contribution in [3.63, 3.8) is 0 Å². The number of halogens is 2. The van der Waals surface area contributed by atoms with Crippen LogP contribution < -0.4 is 10.0 Å². The van der Waals surface area contributed by atoms with Crippen LogP contribution in [0.25, 0.3) is 0 Å². The minimum atomic E-state index is -1.63. The van der Waals surface area contributed by atoms with Gasteiger partial charge in [0.1, 0.15) is 17.0 Å². The summed E-state index contributed by atoms with van der Waals surface area (Å²) in [4.78, 5) is 16.4. The van der Waals surface area contributed by atoms with E-state index in [4.69, 9.17) is 4.74 Å². The molecule has 2 N–H and O–H groups in total. The van der Waals surface area contributed by atoms with Crippen LogP contribution in [0.15, 0.2) is 42.6 Å². The topological polar surface area (TPSA) is 80.3 Å². The predicted octanol–water partition coefficient (Wildman–Crippen LogP) is 4.57. The Labute approximate surface area is 190 Å². The highest BCUT2D eigenvalue weighted by Gasteiger charge is 2.44. The van der Waals surface area contributed by atoms with Gasteiger partial charge in [0.05, 0.1) is 21.8 Å². The average Bonchev–Trinajstić information content (AvgIpc) is 2.65. The second-order valence-corrected chi connectivity index (χ2v) is 11.5. The number of ether oxygens (including phenoxy) is 1. The van der Waals surface area contributed by atoms with Crippen molar-refractivity contribution < 1.29 is 22.5 Å². The molecule has 0 aliphatic heterocycles. The number of hydrogen-bond acceptors (Lipinski definition) is 4. The molecule has 2 rings (SSSR count). The average molecular weight is 468 g/mol. The van der Waals surface area contributed by atoms with Gasteiger partial charge in [-0.15, -0.1) is 0 Å². The van der Waals surface area contributed by atoms with Crippen LogP contribution >= 0.6 is 0 Å². The van der Waals surface area contributed by atoms with Crippen LogP contribution in [0.4, 0.5) is 13.6 Å². The van der Waals surface area contributed by atoms with Gasteiger partial charge in [0.15, 0.2) is 0 Å². The number of hydrogen-bond donors (Lipinski definition) is 2. The molecular formula is C23H31F2N3O3S. The smallest absolute Gasteiger partial charge is 0.407 e. The molecule has 0 unspecified atom stereocenters. The summed E-state index contributed by atoms with van der Waals surface area (Å²) in [5, 5.41) is 2.79. The SMILES string of the molecule is C[C@H](NC(=O)OC(C)(C)C)[C@@](N[S@](=O)C(C)(C)C)(c1ccc(F)cc1)c1ccc(F)nc1. The molecule has 1 aromatic carbocycles. The molecule has 0 spiro atoms. The largest absolute Gasteiger partial charge is 0.444 e. The molecule has 1 aromatic heterocycles. The second-order valence-electron chi connectivity index (χ2n) is 9.54. The molecule has 3 atom stereocenters. The highest BCUT2D eigenvalue weighted by Crippen LogP contribution is 2.35. The summed E-state index contributed by atoms with van der Waals surface area (Å²) < 4.78 is 48.5. The molecule has 0 bridgehead atoms. The number of nitrogens with zero attached hydrogens (tertiary/aromatic N) is 1. The number of amides is 1. The van der Waals surface area contributed by atoms with E-state index < -0.39 is 50.8 Å². The number of benzene rings is 1. The number of alkyl carbamates (subject to hydrolysis) is 1. The van der Waals surface area contributed by atoms with E-state index in [0.717, 1.165) is 0 Å². The molecule has 0 radical (unpaired) electrons. The molecule has 0 aliphatic carbocycles. The monoisotopic (exact) mass is 467 g/mol. The third-order valence-electron chi connectivity index (χ3n) is 4.67. The summed E-state index contributed by atoms with van der Waals surface area (Å²) >= 11 is 0. The number of pyridine rings is 1. The minimum Gasteiger partial charge on any atom is -0.444 e. The van der Waals surface area contributed by atoms with Crippen molar-refractivity contribution in [3.05, 3.63) is 65.5 Å². The number of nitrogens with one attached hydrogen (secondary N) is 2. The van der Waals surface area contributed by atoms with Crippen molar-refractivity contribution in [3.8, 4) is 0 Å². The Bertz CT molecular complexity index is 907. The summed E-state index contributed by atoms with van der Waals surface area (Å²) in [6.45, 7) is 12.3. The van der Waals surface area contributed by atoms with E-state index >= 15 is 0 Å². The van der Waals surface area contributed by atoms with E-state index in [2.05, 4.69) is 15.0 Å². The molecular weight excluding hydrogens is 436 g/mol. The third-order valence-corrected chi connectivity index (χ3v) is 6.29. The first-order valence-electron chi connectivity index (χ1n) is 10.2. The number of carbonyl (C=O) groups is 1. The Kier molecular flexibility index (Phi) is 7.78. The molecule has 0 fully saturated rings. The van der Waals surface area contributed by atoms with Crippen LogP contribution in [0.2, 0.25) is 0 Å². The lowest BCUT2D eigenvalue weighted by Gasteiger charge is -2.42. The third kappa shape index (κ3) is 6.32. The molecule has 176 valence electrons. The Balaban J connectivity index is 2.69. The Hall–Kier alpha value is -2.39. The summed E-state index contributed by atoms with van der Waals surface area (Å²) in [6.07, 6.45) is 0.619. The van der Waals surface area contributed by atoms with Crippen molar-refractivity contribution in [2.45, 2.75) is 70.4 Å². The van der Waals surface area contributed by atoms with Crippen molar-refractivity contribution in [2.24, 2.45) is 0 Å². The van der Waals surface area contributed by atoms with Gasteiger partial charge in [-0.25, -0.2) is 23.1 Å². The van der Waals surface area contributed by atoms with E-state index in [1.165, 1.54) is 42.6 Å². The second kappa shape index (κ2) is 9.62.